The zero-order valence-corrected chi connectivity index (χ0v) is 14.3. The van der Waals surface area contributed by atoms with Crippen LogP contribution in [0.1, 0.15) is 11.3 Å². The zero-order chi connectivity index (χ0) is 16.5. The molecule has 3 heterocycles. The topological polar surface area (TPSA) is 50.7 Å². The van der Waals surface area contributed by atoms with Crippen molar-refractivity contribution in [1.82, 2.24) is 15.0 Å². The molecule has 4 aromatic rings. The Hall–Kier alpha value is -2.79. The van der Waals surface area contributed by atoms with E-state index in [1.165, 1.54) is 5.56 Å². The Balaban J connectivity index is 1.77. The fraction of sp³-hybridized carbons (Fsp3) is 0.105. The van der Waals surface area contributed by atoms with E-state index in [0.29, 0.717) is 0 Å². The molecule has 0 unspecified atom stereocenters. The maximum absolute atomic E-state index is 4.42. The van der Waals surface area contributed by atoms with Crippen LogP contribution in [0.5, 0.6) is 0 Å². The fourth-order valence-corrected chi connectivity index (χ4v) is 3.68. The number of pyridine rings is 1. The summed E-state index contributed by atoms with van der Waals surface area (Å²) in [7, 11) is 0. The average Bonchev–Trinajstić information content (AvgIpc) is 3.02. The first kappa shape index (κ1) is 14.8. The van der Waals surface area contributed by atoms with Crippen molar-refractivity contribution >= 4 is 33.1 Å². The summed E-state index contributed by atoms with van der Waals surface area (Å²) < 4.78 is 0. The summed E-state index contributed by atoms with van der Waals surface area (Å²) in [5.41, 5.74) is 4.41. The number of thiophene rings is 1. The Labute approximate surface area is 144 Å². The SMILES string of the molecule is Cc1ccc(Nc2ncnc3sc(-c4cccnc4C)cc23)cc1. The molecule has 5 heteroatoms. The lowest BCUT2D eigenvalue weighted by molar-refractivity contribution is 1.21. The molecule has 0 radical (unpaired) electrons. The van der Waals surface area contributed by atoms with Gasteiger partial charge in [0.1, 0.15) is 17.0 Å². The van der Waals surface area contributed by atoms with Crippen LogP contribution < -0.4 is 5.32 Å². The van der Waals surface area contributed by atoms with Gasteiger partial charge >= 0.3 is 0 Å². The number of anilines is 2. The molecule has 0 amide bonds. The molecule has 4 rings (SSSR count). The molecule has 0 fully saturated rings. The summed E-state index contributed by atoms with van der Waals surface area (Å²) in [6.45, 7) is 4.10. The van der Waals surface area contributed by atoms with Crippen LogP contribution in [0.4, 0.5) is 11.5 Å². The Kier molecular flexibility index (Phi) is 3.70. The highest BCUT2D eigenvalue weighted by molar-refractivity contribution is 7.21. The van der Waals surface area contributed by atoms with E-state index >= 15 is 0 Å². The molecule has 24 heavy (non-hydrogen) atoms. The molecule has 0 atom stereocenters. The van der Waals surface area contributed by atoms with Crippen LogP contribution in [0, 0.1) is 13.8 Å². The predicted molar refractivity (Wildman–Crippen MR) is 99.8 cm³/mol. The van der Waals surface area contributed by atoms with E-state index in [1.54, 1.807) is 17.7 Å². The molecule has 0 bridgehead atoms. The number of fused-ring (bicyclic) bond motifs is 1. The van der Waals surface area contributed by atoms with E-state index in [4.69, 9.17) is 0 Å². The second kappa shape index (κ2) is 6.02. The molecule has 0 saturated carbocycles. The number of hydrogen-bond donors (Lipinski definition) is 1. The lowest BCUT2D eigenvalue weighted by Gasteiger charge is -2.06. The first-order valence-electron chi connectivity index (χ1n) is 7.71. The Bertz CT molecular complexity index is 1010. The number of rotatable bonds is 3. The van der Waals surface area contributed by atoms with E-state index < -0.39 is 0 Å². The Morgan fingerprint density at radius 1 is 0.958 bits per heavy atom. The van der Waals surface area contributed by atoms with Crippen molar-refractivity contribution in [3.63, 3.8) is 0 Å². The predicted octanol–water partition coefficient (Wildman–Crippen LogP) is 5.11. The Morgan fingerprint density at radius 2 is 1.79 bits per heavy atom. The van der Waals surface area contributed by atoms with Crippen molar-refractivity contribution in [3.8, 4) is 10.4 Å². The highest BCUT2D eigenvalue weighted by Gasteiger charge is 2.12. The van der Waals surface area contributed by atoms with Gasteiger partial charge in [-0.25, -0.2) is 9.97 Å². The molecule has 1 aromatic carbocycles. The molecule has 3 aromatic heterocycles. The number of benzene rings is 1. The van der Waals surface area contributed by atoms with E-state index in [0.717, 1.165) is 37.9 Å². The van der Waals surface area contributed by atoms with Crippen LogP contribution in [0.25, 0.3) is 20.7 Å². The third-order valence-electron chi connectivity index (χ3n) is 3.92. The maximum Gasteiger partial charge on any atom is 0.142 e. The molecular formula is C19H16N4S. The quantitative estimate of drug-likeness (QED) is 0.566. The van der Waals surface area contributed by atoms with Crippen LogP contribution >= 0.6 is 11.3 Å². The molecule has 0 saturated heterocycles. The van der Waals surface area contributed by atoms with Gasteiger partial charge < -0.3 is 5.32 Å². The normalized spacial score (nSPS) is 10.9. The van der Waals surface area contributed by atoms with Crippen LogP contribution in [0.3, 0.4) is 0 Å². The van der Waals surface area contributed by atoms with Gasteiger partial charge in [-0.15, -0.1) is 11.3 Å². The van der Waals surface area contributed by atoms with Crippen molar-refractivity contribution in [2.45, 2.75) is 13.8 Å². The van der Waals surface area contributed by atoms with Crippen LogP contribution in [-0.2, 0) is 0 Å². The summed E-state index contributed by atoms with van der Waals surface area (Å²) >= 11 is 1.66. The number of nitrogens with zero attached hydrogens (tertiary/aromatic N) is 3. The third kappa shape index (κ3) is 2.74. The minimum Gasteiger partial charge on any atom is -0.340 e. The van der Waals surface area contributed by atoms with Gasteiger partial charge in [-0.3, -0.25) is 4.98 Å². The minimum atomic E-state index is 0.827. The number of nitrogens with one attached hydrogen (secondary N) is 1. The lowest BCUT2D eigenvalue weighted by atomic mass is 10.1. The molecular weight excluding hydrogens is 316 g/mol. The summed E-state index contributed by atoms with van der Waals surface area (Å²) in [5, 5.41) is 4.42. The number of hydrogen-bond acceptors (Lipinski definition) is 5. The van der Waals surface area contributed by atoms with Gasteiger partial charge in [0.2, 0.25) is 0 Å². The lowest BCUT2D eigenvalue weighted by Crippen LogP contribution is -1.94. The van der Waals surface area contributed by atoms with Gasteiger partial charge in [0.15, 0.2) is 0 Å². The molecule has 4 nitrogen and oxygen atoms in total. The smallest absolute Gasteiger partial charge is 0.142 e. The molecule has 118 valence electrons. The Morgan fingerprint density at radius 3 is 2.58 bits per heavy atom. The fourth-order valence-electron chi connectivity index (χ4n) is 2.61. The van der Waals surface area contributed by atoms with E-state index in [9.17, 15) is 0 Å². The van der Waals surface area contributed by atoms with Gasteiger partial charge in [-0.05, 0) is 38.1 Å². The van der Waals surface area contributed by atoms with Gasteiger partial charge in [-0.1, -0.05) is 23.8 Å². The highest BCUT2D eigenvalue weighted by atomic mass is 32.1. The summed E-state index contributed by atoms with van der Waals surface area (Å²) in [6, 6.07) is 14.5. The molecule has 0 aliphatic heterocycles. The van der Waals surface area contributed by atoms with Gasteiger partial charge in [-0.2, -0.15) is 0 Å². The largest absolute Gasteiger partial charge is 0.340 e. The van der Waals surface area contributed by atoms with Crippen LogP contribution in [0.15, 0.2) is 55.0 Å². The standard InChI is InChI=1S/C19H16N4S/c1-12-5-7-14(8-6-12)23-18-16-10-17(24-19(16)22-11-21-18)15-4-3-9-20-13(15)2/h3-11H,1-2H3,(H,21,22,23). The number of aryl methyl sites for hydroxylation is 2. The van der Waals surface area contributed by atoms with E-state index in [1.807, 2.05) is 19.2 Å². The first-order valence-corrected chi connectivity index (χ1v) is 8.52. The molecule has 0 aliphatic rings. The first-order chi connectivity index (χ1) is 11.7. The second-order valence-corrected chi connectivity index (χ2v) is 6.71. The van der Waals surface area contributed by atoms with Crippen LogP contribution in [0.2, 0.25) is 0 Å². The van der Waals surface area contributed by atoms with Crippen molar-refractivity contribution in [1.29, 1.82) is 0 Å². The maximum atomic E-state index is 4.42. The van der Waals surface area contributed by atoms with Crippen molar-refractivity contribution in [3.05, 3.63) is 66.2 Å². The zero-order valence-electron chi connectivity index (χ0n) is 13.4. The highest BCUT2D eigenvalue weighted by Crippen LogP contribution is 2.36. The summed E-state index contributed by atoms with van der Waals surface area (Å²) in [5.74, 6) is 0.827. The van der Waals surface area contributed by atoms with Crippen molar-refractivity contribution in [2.24, 2.45) is 0 Å². The van der Waals surface area contributed by atoms with Crippen LogP contribution in [-0.4, -0.2) is 15.0 Å². The average molecular weight is 332 g/mol. The van der Waals surface area contributed by atoms with E-state index in [2.05, 4.69) is 63.6 Å². The molecule has 0 spiro atoms. The van der Waals surface area contributed by atoms with Crippen molar-refractivity contribution in [2.75, 3.05) is 5.32 Å². The third-order valence-corrected chi connectivity index (χ3v) is 4.99. The minimum absolute atomic E-state index is 0.827. The van der Waals surface area contributed by atoms with Gasteiger partial charge in [0.25, 0.3) is 0 Å². The molecule has 1 N–H and O–H groups in total. The van der Waals surface area contributed by atoms with Crippen molar-refractivity contribution < 1.29 is 0 Å². The second-order valence-electron chi connectivity index (χ2n) is 5.68. The van der Waals surface area contributed by atoms with E-state index in [-0.39, 0.29) is 0 Å². The summed E-state index contributed by atoms with van der Waals surface area (Å²) in [6.07, 6.45) is 3.42. The van der Waals surface area contributed by atoms with Gasteiger partial charge in [0, 0.05) is 28.0 Å². The molecule has 0 aliphatic carbocycles. The summed E-state index contributed by atoms with van der Waals surface area (Å²) in [4.78, 5) is 15.3. The van der Waals surface area contributed by atoms with Gasteiger partial charge in [0.05, 0.1) is 5.39 Å². The monoisotopic (exact) mass is 332 g/mol. The number of aromatic nitrogens is 3.